The lowest BCUT2D eigenvalue weighted by Gasteiger charge is -2.26. The third kappa shape index (κ3) is 5.90. The molecule has 0 saturated carbocycles. The molecule has 0 aliphatic rings. The van der Waals surface area contributed by atoms with Crippen molar-refractivity contribution >= 4 is 11.9 Å². The molecule has 0 aromatic heterocycles. The van der Waals surface area contributed by atoms with Gasteiger partial charge in [0, 0.05) is 0 Å². The van der Waals surface area contributed by atoms with Crippen molar-refractivity contribution in [3.05, 3.63) is 35.9 Å². The Morgan fingerprint density at radius 1 is 1.26 bits per heavy atom. The highest BCUT2D eigenvalue weighted by Crippen LogP contribution is 2.32. The van der Waals surface area contributed by atoms with E-state index >= 15 is 0 Å². The van der Waals surface area contributed by atoms with Crippen molar-refractivity contribution in [3.8, 4) is 0 Å². The number of hydrogen-bond acceptors (Lipinski definition) is 4. The molecular formula is C15H18F3NO4. The summed E-state index contributed by atoms with van der Waals surface area (Å²) in [4.78, 5) is 23.2. The van der Waals surface area contributed by atoms with Gasteiger partial charge in [0.15, 0.2) is 5.60 Å². The molecule has 0 spiro atoms. The average Bonchev–Trinajstić information content (AvgIpc) is 2.43. The van der Waals surface area contributed by atoms with E-state index in [4.69, 9.17) is 4.74 Å². The van der Waals surface area contributed by atoms with Crippen molar-refractivity contribution in [2.24, 2.45) is 0 Å². The first-order valence-corrected chi connectivity index (χ1v) is 6.82. The van der Waals surface area contributed by atoms with E-state index in [1.54, 1.807) is 30.3 Å². The maximum Gasteiger partial charge on any atom is 0.417 e. The van der Waals surface area contributed by atoms with Gasteiger partial charge in [-0.05, 0) is 19.4 Å². The molecule has 1 aromatic carbocycles. The molecule has 0 radical (unpaired) electrons. The topological polar surface area (TPSA) is 75.6 Å². The number of halogens is 3. The predicted octanol–water partition coefficient (Wildman–Crippen LogP) is 1.94. The fourth-order valence-electron chi connectivity index (χ4n) is 1.62. The van der Waals surface area contributed by atoms with Crippen LogP contribution in [0.3, 0.4) is 0 Å². The van der Waals surface area contributed by atoms with Crippen LogP contribution >= 0.6 is 0 Å². The molecule has 0 heterocycles. The van der Waals surface area contributed by atoms with Gasteiger partial charge >= 0.3 is 12.1 Å². The highest BCUT2D eigenvalue weighted by atomic mass is 19.4. The summed E-state index contributed by atoms with van der Waals surface area (Å²) >= 11 is 0. The minimum Gasteiger partial charge on any atom is -0.459 e. The number of carbonyl (C=O) groups excluding carboxylic acids is 2. The molecule has 0 bridgehead atoms. The Balaban J connectivity index is 2.47. The van der Waals surface area contributed by atoms with Gasteiger partial charge in [0.1, 0.15) is 12.6 Å². The first-order valence-electron chi connectivity index (χ1n) is 6.82. The van der Waals surface area contributed by atoms with E-state index in [1.807, 2.05) is 0 Å². The van der Waals surface area contributed by atoms with Gasteiger partial charge in [-0.3, -0.25) is 4.79 Å². The summed E-state index contributed by atoms with van der Waals surface area (Å²) in [5.74, 6) is -1.88. The van der Waals surface area contributed by atoms with Gasteiger partial charge in [0.05, 0.1) is 6.42 Å². The SMILES string of the molecule is C[C@@H](NC(=O)CC(C)(O)C(F)(F)F)C(=O)OCc1ccccc1. The van der Waals surface area contributed by atoms with Gasteiger partial charge in [0.2, 0.25) is 5.91 Å². The molecule has 2 N–H and O–H groups in total. The molecule has 0 aliphatic carbocycles. The number of benzene rings is 1. The van der Waals surface area contributed by atoms with Crippen LogP contribution in [0.1, 0.15) is 25.8 Å². The predicted molar refractivity (Wildman–Crippen MR) is 75.1 cm³/mol. The van der Waals surface area contributed by atoms with Crippen molar-refractivity contribution in [2.45, 2.75) is 44.7 Å². The Hall–Kier alpha value is -2.09. The first kappa shape index (κ1) is 19.0. The Kier molecular flexibility index (Phi) is 6.14. The van der Waals surface area contributed by atoms with E-state index in [2.05, 4.69) is 5.32 Å². The van der Waals surface area contributed by atoms with Crippen LogP contribution < -0.4 is 5.32 Å². The molecule has 1 aromatic rings. The van der Waals surface area contributed by atoms with Gasteiger partial charge in [0.25, 0.3) is 0 Å². The summed E-state index contributed by atoms with van der Waals surface area (Å²) < 4.78 is 42.4. The minimum absolute atomic E-state index is 0.0137. The molecule has 0 saturated heterocycles. The number of rotatable bonds is 6. The summed E-state index contributed by atoms with van der Waals surface area (Å²) in [7, 11) is 0. The second-order valence-electron chi connectivity index (χ2n) is 5.33. The number of ether oxygens (including phenoxy) is 1. The maximum atomic E-state index is 12.5. The van der Waals surface area contributed by atoms with Crippen LogP contribution in [0.4, 0.5) is 13.2 Å². The molecule has 128 valence electrons. The largest absolute Gasteiger partial charge is 0.459 e. The van der Waals surface area contributed by atoms with E-state index in [1.165, 1.54) is 6.92 Å². The van der Waals surface area contributed by atoms with E-state index in [0.29, 0.717) is 6.92 Å². The van der Waals surface area contributed by atoms with Crippen LogP contribution in [0.5, 0.6) is 0 Å². The average molecular weight is 333 g/mol. The Bertz CT molecular complexity index is 543. The standard InChI is InChI=1S/C15H18F3NO4/c1-10(13(21)23-9-11-6-4-3-5-7-11)19-12(20)8-14(2,22)15(16,17)18/h3-7,10,22H,8-9H2,1-2H3,(H,19,20)/t10-,14?/m1/s1. The summed E-state index contributed by atoms with van der Waals surface area (Å²) in [6.07, 6.45) is -6.14. The fourth-order valence-corrected chi connectivity index (χ4v) is 1.62. The lowest BCUT2D eigenvalue weighted by molar-refractivity contribution is -0.253. The monoisotopic (exact) mass is 333 g/mol. The van der Waals surface area contributed by atoms with E-state index in [9.17, 15) is 27.9 Å². The zero-order valence-corrected chi connectivity index (χ0v) is 12.7. The van der Waals surface area contributed by atoms with E-state index in [0.717, 1.165) is 5.56 Å². The van der Waals surface area contributed by atoms with Crippen LogP contribution in [-0.4, -0.2) is 34.8 Å². The fraction of sp³-hybridized carbons (Fsp3) is 0.467. The van der Waals surface area contributed by atoms with Crippen LogP contribution in [0.2, 0.25) is 0 Å². The van der Waals surface area contributed by atoms with Crippen molar-refractivity contribution in [3.63, 3.8) is 0 Å². The summed E-state index contributed by atoms with van der Waals surface area (Å²) in [6, 6.07) is 7.64. The van der Waals surface area contributed by atoms with Gasteiger partial charge in [-0.1, -0.05) is 30.3 Å². The normalized spacial score (nSPS) is 15.4. The Morgan fingerprint density at radius 3 is 2.35 bits per heavy atom. The quantitative estimate of drug-likeness (QED) is 0.780. The molecule has 5 nitrogen and oxygen atoms in total. The Labute approximate surface area is 131 Å². The van der Waals surface area contributed by atoms with Crippen LogP contribution in [0, 0.1) is 0 Å². The lowest BCUT2D eigenvalue weighted by Crippen LogP contribution is -2.48. The minimum atomic E-state index is -4.94. The van der Waals surface area contributed by atoms with Gasteiger partial charge in [-0.15, -0.1) is 0 Å². The lowest BCUT2D eigenvalue weighted by atomic mass is 10.0. The van der Waals surface area contributed by atoms with Gasteiger partial charge in [-0.2, -0.15) is 13.2 Å². The van der Waals surface area contributed by atoms with E-state index in [-0.39, 0.29) is 6.61 Å². The summed E-state index contributed by atoms with van der Waals surface area (Å²) in [5.41, 5.74) is -2.43. The number of aliphatic hydroxyl groups is 1. The molecule has 1 amide bonds. The van der Waals surface area contributed by atoms with Gasteiger partial charge < -0.3 is 15.2 Å². The Morgan fingerprint density at radius 2 is 1.83 bits per heavy atom. The van der Waals surface area contributed by atoms with Crippen LogP contribution in [0.25, 0.3) is 0 Å². The third-order valence-corrected chi connectivity index (χ3v) is 3.07. The number of hydrogen-bond donors (Lipinski definition) is 2. The zero-order valence-electron chi connectivity index (χ0n) is 12.7. The number of carbonyl (C=O) groups is 2. The molecule has 0 aliphatic heterocycles. The molecule has 8 heteroatoms. The smallest absolute Gasteiger partial charge is 0.417 e. The van der Waals surface area contributed by atoms with Crippen molar-refractivity contribution in [1.29, 1.82) is 0 Å². The summed E-state index contributed by atoms with van der Waals surface area (Å²) in [6.45, 7) is 1.76. The molecule has 0 fully saturated rings. The van der Waals surface area contributed by atoms with Crippen LogP contribution in [0.15, 0.2) is 30.3 Å². The highest BCUT2D eigenvalue weighted by molar-refractivity contribution is 5.84. The van der Waals surface area contributed by atoms with Crippen molar-refractivity contribution in [2.75, 3.05) is 0 Å². The maximum absolute atomic E-state index is 12.5. The molecular weight excluding hydrogens is 315 g/mol. The molecule has 1 unspecified atom stereocenters. The summed E-state index contributed by atoms with van der Waals surface area (Å²) in [5, 5.41) is 11.3. The van der Waals surface area contributed by atoms with Crippen molar-refractivity contribution in [1.82, 2.24) is 5.32 Å². The van der Waals surface area contributed by atoms with Gasteiger partial charge in [-0.25, -0.2) is 4.79 Å². The number of alkyl halides is 3. The van der Waals surface area contributed by atoms with Crippen molar-refractivity contribution < 1.29 is 32.6 Å². The zero-order chi connectivity index (χ0) is 17.7. The second-order valence-corrected chi connectivity index (χ2v) is 5.33. The molecule has 2 atom stereocenters. The first-order chi connectivity index (χ1) is 10.5. The molecule has 23 heavy (non-hydrogen) atoms. The van der Waals surface area contributed by atoms with Crippen LogP contribution in [-0.2, 0) is 20.9 Å². The third-order valence-electron chi connectivity index (χ3n) is 3.07. The molecule has 1 rings (SSSR count). The number of amides is 1. The number of nitrogens with one attached hydrogen (secondary N) is 1. The highest BCUT2D eigenvalue weighted by Gasteiger charge is 2.51. The number of esters is 1. The van der Waals surface area contributed by atoms with E-state index < -0.39 is 36.1 Å². The second kappa shape index (κ2) is 7.45.